The highest BCUT2D eigenvalue weighted by molar-refractivity contribution is 7.15. The Labute approximate surface area is 197 Å². The van der Waals surface area contributed by atoms with Crippen molar-refractivity contribution in [2.24, 2.45) is 5.73 Å². The number of aromatic nitrogens is 3. The number of hydrogen-bond donors (Lipinski definition) is 3. The fourth-order valence-electron chi connectivity index (χ4n) is 3.02. The molecule has 4 N–H and O–H groups in total. The number of alkyl halides is 3. The van der Waals surface area contributed by atoms with Gasteiger partial charge in [0.25, 0.3) is 5.91 Å². The van der Waals surface area contributed by atoms with Crippen LogP contribution < -0.4 is 16.4 Å². The van der Waals surface area contributed by atoms with Gasteiger partial charge in [0, 0.05) is 28.9 Å². The predicted molar refractivity (Wildman–Crippen MR) is 122 cm³/mol. The molecule has 0 aliphatic rings. The average Bonchev–Trinajstić information content (AvgIpc) is 3.25. The normalized spacial score (nSPS) is 12.2. The lowest BCUT2D eigenvalue weighted by molar-refractivity contribution is -0.137. The van der Waals surface area contributed by atoms with E-state index in [1.165, 1.54) is 29.8 Å². The van der Waals surface area contributed by atoms with E-state index in [1.54, 1.807) is 19.2 Å². The zero-order chi connectivity index (χ0) is 24.7. The molecule has 8 nitrogen and oxygen atoms in total. The van der Waals surface area contributed by atoms with Crippen molar-refractivity contribution >= 4 is 34.0 Å². The first-order valence-corrected chi connectivity index (χ1v) is 11.2. The number of amides is 2. The van der Waals surface area contributed by atoms with Crippen LogP contribution >= 0.6 is 11.3 Å². The molecule has 12 heteroatoms. The number of primary amides is 1. The van der Waals surface area contributed by atoms with Gasteiger partial charge in [-0.05, 0) is 56.5 Å². The molecule has 0 bridgehead atoms. The zero-order valence-corrected chi connectivity index (χ0v) is 19.0. The summed E-state index contributed by atoms with van der Waals surface area (Å²) < 4.78 is 38.1. The maximum Gasteiger partial charge on any atom is 0.416 e. The van der Waals surface area contributed by atoms with Gasteiger partial charge in [-0.2, -0.15) is 13.2 Å². The largest absolute Gasteiger partial charge is 0.416 e. The number of thiazole rings is 1. The third-order valence-electron chi connectivity index (χ3n) is 4.82. The molecule has 3 rings (SSSR count). The number of rotatable bonds is 10. The number of halogens is 3. The van der Waals surface area contributed by atoms with Gasteiger partial charge in [-0.25, -0.2) is 15.0 Å². The molecule has 0 spiro atoms. The lowest BCUT2D eigenvalue weighted by Crippen LogP contribution is -2.27. The Kier molecular flexibility index (Phi) is 8.16. The standard InChI is InChI=1S/C22H23F3N6O2S/c1-13(30-20(33)17-10-16(28-12-29-17)4-2-3-5-19(26)32)18-11-27-21(34-18)31-15-8-6-14(7-9-15)22(23,24)25/h6-13H,2-5H2,1H3,(H2,26,32)(H,27,31)(H,30,33). The Hall–Kier alpha value is -3.54. The molecule has 1 unspecified atom stereocenters. The maximum atomic E-state index is 12.7. The van der Waals surface area contributed by atoms with Crippen LogP contribution in [0.25, 0.3) is 0 Å². The van der Waals surface area contributed by atoms with Crippen LogP contribution in [0.5, 0.6) is 0 Å². The number of nitrogens with zero attached hydrogens (tertiary/aromatic N) is 3. The molecule has 2 aromatic heterocycles. The van der Waals surface area contributed by atoms with Crippen LogP contribution in [0.4, 0.5) is 24.0 Å². The van der Waals surface area contributed by atoms with Crippen molar-refractivity contribution in [3.63, 3.8) is 0 Å². The Bertz CT molecular complexity index is 1130. The number of benzene rings is 1. The summed E-state index contributed by atoms with van der Waals surface area (Å²) in [6, 6.07) is 5.88. The van der Waals surface area contributed by atoms with Gasteiger partial charge in [-0.15, -0.1) is 0 Å². The van der Waals surface area contributed by atoms with E-state index in [-0.39, 0.29) is 23.6 Å². The van der Waals surface area contributed by atoms with Crippen LogP contribution in [0.3, 0.4) is 0 Å². The average molecular weight is 493 g/mol. The van der Waals surface area contributed by atoms with Gasteiger partial charge < -0.3 is 16.4 Å². The van der Waals surface area contributed by atoms with Crippen LogP contribution in [-0.2, 0) is 17.4 Å². The minimum Gasteiger partial charge on any atom is -0.370 e. The number of nitrogens with one attached hydrogen (secondary N) is 2. The van der Waals surface area contributed by atoms with E-state index in [1.807, 2.05) is 0 Å². The third-order valence-corrected chi connectivity index (χ3v) is 5.92. The lowest BCUT2D eigenvalue weighted by Gasteiger charge is -2.11. The lowest BCUT2D eigenvalue weighted by atomic mass is 10.1. The molecule has 0 fully saturated rings. The number of anilines is 2. The van der Waals surface area contributed by atoms with Crippen LogP contribution in [0.2, 0.25) is 0 Å². The van der Waals surface area contributed by atoms with Crippen molar-refractivity contribution in [2.45, 2.75) is 44.8 Å². The second-order valence-corrected chi connectivity index (χ2v) is 8.59. The molecule has 0 saturated heterocycles. The monoisotopic (exact) mass is 492 g/mol. The number of carbonyl (C=O) groups is 2. The van der Waals surface area contributed by atoms with E-state index in [4.69, 9.17) is 5.73 Å². The van der Waals surface area contributed by atoms with Gasteiger partial charge >= 0.3 is 6.18 Å². The molecule has 0 radical (unpaired) electrons. The van der Waals surface area contributed by atoms with Gasteiger partial charge in [0.15, 0.2) is 5.13 Å². The minimum absolute atomic E-state index is 0.222. The topological polar surface area (TPSA) is 123 Å². The molecule has 0 aliphatic carbocycles. The Morgan fingerprint density at radius 3 is 2.53 bits per heavy atom. The molecule has 0 aliphatic heterocycles. The van der Waals surface area contributed by atoms with Gasteiger partial charge in [-0.3, -0.25) is 9.59 Å². The van der Waals surface area contributed by atoms with Crippen LogP contribution in [0, 0.1) is 0 Å². The first-order chi connectivity index (χ1) is 16.1. The van der Waals surface area contributed by atoms with Gasteiger partial charge in [-0.1, -0.05) is 11.3 Å². The smallest absolute Gasteiger partial charge is 0.370 e. The summed E-state index contributed by atoms with van der Waals surface area (Å²) in [6.45, 7) is 1.79. The molecule has 1 atom stereocenters. The summed E-state index contributed by atoms with van der Waals surface area (Å²) in [5.74, 6) is -0.725. The fraction of sp³-hybridized carbons (Fsp3) is 0.318. The predicted octanol–water partition coefficient (Wildman–Crippen LogP) is 4.38. The highest BCUT2D eigenvalue weighted by Gasteiger charge is 2.30. The van der Waals surface area contributed by atoms with E-state index in [9.17, 15) is 22.8 Å². The molecular weight excluding hydrogens is 469 g/mol. The minimum atomic E-state index is -4.39. The van der Waals surface area contributed by atoms with Crippen molar-refractivity contribution < 1.29 is 22.8 Å². The molecule has 180 valence electrons. The summed E-state index contributed by atoms with van der Waals surface area (Å²) >= 11 is 1.27. The van der Waals surface area contributed by atoms with Crippen molar-refractivity contribution in [1.29, 1.82) is 0 Å². The van der Waals surface area contributed by atoms with Gasteiger partial charge in [0.05, 0.1) is 11.6 Å². The summed E-state index contributed by atoms with van der Waals surface area (Å²) in [6.07, 6.45) is 0.781. The second kappa shape index (κ2) is 11.1. The summed E-state index contributed by atoms with van der Waals surface area (Å²) in [4.78, 5) is 36.6. The molecule has 34 heavy (non-hydrogen) atoms. The number of nitrogens with two attached hydrogens (primary N) is 1. The number of hydrogen-bond acceptors (Lipinski definition) is 7. The van der Waals surface area contributed by atoms with Crippen LogP contribution in [0.15, 0.2) is 42.9 Å². The molecule has 3 aromatic rings. The van der Waals surface area contributed by atoms with Crippen LogP contribution in [0.1, 0.15) is 58.9 Å². The Balaban J connectivity index is 1.56. The van der Waals surface area contributed by atoms with Crippen molar-refractivity contribution in [3.8, 4) is 0 Å². The van der Waals surface area contributed by atoms with Gasteiger partial charge in [0.2, 0.25) is 5.91 Å². The Morgan fingerprint density at radius 1 is 1.12 bits per heavy atom. The quantitative estimate of drug-likeness (QED) is 0.361. The summed E-state index contributed by atoms with van der Waals surface area (Å²) in [5, 5.41) is 6.29. The van der Waals surface area contributed by atoms with E-state index in [0.29, 0.717) is 42.2 Å². The maximum absolute atomic E-state index is 12.7. The highest BCUT2D eigenvalue weighted by Crippen LogP contribution is 2.31. The van der Waals surface area contributed by atoms with E-state index in [0.717, 1.165) is 17.0 Å². The van der Waals surface area contributed by atoms with Gasteiger partial charge in [0.1, 0.15) is 12.0 Å². The zero-order valence-electron chi connectivity index (χ0n) is 18.2. The van der Waals surface area contributed by atoms with Crippen molar-refractivity contribution in [3.05, 3.63) is 64.7 Å². The third kappa shape index (κ3) is 7.24. The second-order valence-electron chi connectivity index (χ2n) is 7.53. The molecular formula is C22H23F3N6O2S. The van der Waals surface area contributed by atoms with Crippen molar-refractivity contribution in [1.82, 2.24) is 20.3 Å². The molecule has 0 saturated carbocycles. The Morgan fingerprint density at radius 2 is 1.85 bits per heavy atom. The van der Waals surface area contributed by atoms with Crippen molar-refractivity contribution in [2.75, 3.05) is 5.32 Å². The number of unbranched alkanes of at least 4 members (excludes halogenated alkanes) is 1. The van der Waals surface area contributed by atoms with E-state index < -0.39 is 11.7 Å². The SMILES string of the molecule is CC(NC(=O)c1cc(CCCCC(N)=O)ncn1)c1cnc(Nc2ccc(C(F)(F)F)cc2)s1. The van der Waals surface area contributed by atoms with E-state index >= 15 is 0 Å². The fourth-order valence-corrected chi connectivity index (χ4v) is 3.85. The highest BCUT2D eigenvalue weighted by atomic mass is 32.1. The summed E-state index contributed by atoms with van der Waals surface area (Å²) in [7, 11) is 0. The first-order valence-electron chi connectivity index (χ1n) is 10.4. The van der Waals surface area contributed by atoms with E-state index in [2.05, 4.69) is 25.6 Å². The first kappa shape index (κ1) is 25.1. The number of aryl methyl sites for hydroxylation is 1. The number of carbonyl (C=O) groups excluding carboxylic acids is 2. The molecule has 2 amide bonds. The van der Waals surface area contributed by atoms with Crippen LogP contribution in [-0.4, -0.2) is 26.8 Å². The molecule has 2 heterocycles. The summed E-state index contributed by atoms with van der Waals surface area (Å²) in [5.41, 5.74) is 5.78. The molecule has 1 aromatic carbocycles.